The third-order valence-corrected chi connectivity index (χ3v) is 12.5. The Bertz CT molecular complexity index is 1720. The van der Waals surface area contributed by atoms with Gasteiger partial charge in [0.2, 0.25) is 0 Å². The number of hydrogen-bond acceptors (Lipinski definition) is 15. The van der Waals surface area contributed by atoms with Gasteiger partial charge in [0, 0.05) is 175 Å². The van der Waals surface area contributed by atoms with Crippen molar-refractivity contribution < 1.29 is 28.8 Å². The van der Waals surface area contributed by atoms with Gasteiger partial charge < -0.3 is 112 Å². The molecule has 0 radical (unpaired) electrons. The largest absolute Gasteiger partial charge is 0.335 e. The number of nitrogens with zero attached hydrogens (tertiary/aromatic N) is 7. The summed E-state index contributed by atoms with van der Waals surface area (Å²) in [5.74, 6) is 0. The second kappa shape index (κ2) is 38.1. The highest BCUT2D eigenvalue weighted by molar-refractivity contribution is 5.78. The van der Waals surface area contributed by atoms with Gasteiger partial charge in [-0.3, -0.25) is 0 Å². The van der Waals surface area contributed by atoms with Gasteiger partial charge in [0.05, 0.1) is 0 Å². The Morgan fingerprint density at radius 1 is 0.275 bits per heavy atom. The normalized spacial score (nSPS) is 17.6. The van der Waals surface area contributed by atoms with Gasteiger partial charge in [-0.1, -0.05) is 0 Å². The van der Waals surface area contributed by atoms with Crippen LogP contribution in [0.2, 0.25) is 0 Å². The van der Waals surface area contributed by atoms with E-state index in [-0.39, 0.29) is 149 Å². The highest BCUT2D eigenvalue weighted by Gasteiger charge is 2.31. The van der Waals surface area contributed by atoms with Crippen LogP contribution in [-0.2, 0) is 0 Å². The molecule has 0 bridgehead atoms. The fraction of sp³-hybridized carbons (Fsp3) is 0.887. The standard InChI is InChI=1S/C53H117N21O6/c1-32(54)18-46(15)73(26-39(8)61)52(79)62-40(9)19-47(16)74(31-45(14)66-50(77)71(24-37(6)59)25-38(7)60)53(80)67-42(11)28-68(17)27-41(10)63-51(78)72(29-43(12)64-48(75)69(20-33(2)55)21-34(3)56)30-44(13)65-49(76)70(22-35(4)57)23-36(5)58/h32-47H,18-31,54-61H2,1-17H3,(H,62,79)(H,63,78)(H,64,75)(H,65,76)(H,66,77)(H,67,80). The maximum absolute atomic E-state index is 14.4. The molecule has 0 aromatic rings. The average molecular weight is 1140 g/mol. The van der Waals surface area contributed by atoms with Gasteiger partial charge in [0.25, 0.3) is 0 Å². The molecule has 16 atom stereocenters. The predicted molar refractivity (Wildman–Crippen MR) is 323 cm³/mol. The number of carbonyl (C=O) groups is 6. The van der Waals surface area contributed by atoms with E-state index in [2.05, 4.69) is 31.9 Å². The molecule has 0 aliphatic carbocycles. The van der Waals surface area contributed by atoms with Crippen molar-refractivity contribution in [3.63, 3.8) is 0 Å². The molecule has 0 rings (SSSR count). The zero-order valence-electron chi connectivity index (χ0n) is 52.3. The fourth-order valence-corrected chi connectivity index (χ4v) is 9.64. The number of nitrogens with one attached hydrogen (secondary N) is 6. The minimum atomic E-state index is -0.525. The Morgan fingerprint density at radius 2 is 0.500 bits per heavy atom. The van der Waals surface area contributed by atoms with Crippen molar-refractivity contribution in [2.45, 2.75) is 220 Å². The minimum Gasteiger partial charge on any atom is -0.335 e. The van der Waals surface area contributed by atoms with Gasteiger partial charge in [0.1, 0.15) is 0 Å². The zero-order valence-corrected chi connectivity index (χ0v) is 52.3. The Morgan fingerprint density at radius 3 is 0.787 bits per heavy atom. The van der Waals surface area contributed by atoms with Crippen LogP contribution in [0.5, 0.6) is 0 Å². The molecule has 0 aromatic carbocycles. The molecule has 22 N–H and O–H groups in total. The number of carbonyl (C=O) groups excluding carboxylic acids is 6. The summed E-state index contributed by atoms with van der Waals surface area (Å²) in [4.78, 5) is 94.5. The van der Waals surface area contributed by atoms with Gasteiger partial charge in [0.15, 0.2) is 0 Å². The van der Waals surface area contributed by atoms with Crippen LogP contribution in [0.3, 0.4) is 0 Å². The topological polar surface area (TPSA) is 405 Å². The molecule has 470 valence electrons. The van der Waals surface area contributed by atoms with Crippen molar-refractivity contribution in [1.29, 1.82) is 0 Å². The van der Waals surface area contributed by atoms with Gasteiger partial charge >= 0.3 is 36.2 Å². The summed E-state index contributed by atoms with van der Waals surface area (Å²) in [6.45, 7) is 32.6. The van der Waals surface area contributed by atoms with E-state index in [4.69, 9.17) is 45.9 Å². The summed E-state index contributed by atoms with van der Waals surface area (Å²) in [5.41, 5.74) is 48.7. The summed E-state index contributed by atoms with van der Waals surface area (Å²) >= 11 is 0. The summed E-state index contributed by atoms with van der Waals surface area (Å²) in [7, 11) is 1.88. The van der Waals surface area contributed by atoms with Crippen LogP contribution in [0.25, 0.3) is 0 Å². The maximum Gasteiger partial charge on any atom is 0.317 e. The van der Waals surface area contributed by atoms with E-state index >= 15 is 0 Å². The van der Waals surface area contributed by atoms with Crippen LogP contribution in [-0.4, -0.2) is 253 Å². The van der Waals surface area contributed by atoms with E-state index in [0.29, 0.717) is 32.5 Å². The molecule has 0 aliphatic rings. The van der Waals surface area contributed by atoms with Crippen molar-refractivity contribution in [3.05, 3.63) is 0 Å². The molecule has 12 amide bonds. The summed E-state index contributed by atoms with van der Waals surface area (Å²) in [5, 5.41) is 18.4. The van der Waals surface area contributed by atoms with E-state index < -0.39 is 42.3 Å². The van der Waals surface area contributed by atoms with Crippen LogP contribution in [0.4, 0.5) is 28.8 Å². The van der Waals surface area contributed by atoms with Crippen LogP contribution < -0.4 is 77.8 Å². The van der Waals surface area contributed by atoms with Crippen molar-refractivity contribution >= 4 is 36.2 Å². The molecule has 0 aromatic heterocycles. The Hall–Kier alpha value is -4.74. The predicted octanol–water partition coefficient (Wildman–Crippen LogP) is -0.346. The molecule has 0 aliphatic heterocycles. The quantitative estimate of drug-likeness (QED) is 0.0382. The molecular formula is C53H117N21O6. The van der Waals surface area contributed by atoms with Crippen LogP contribution >= 0.6 is 0 Å². The molecule has 80 heavy (non-hydrogen) atoms. The number of likely N-dealkylation sites (N-methyl/N-ethyl adjacent to an activating group) is 1. The van der Waals surface area contributed by atoms with Crippen molar-refractivity contribution in [3.8, 4) is 0 Å². The van der Waals surface area contributed by atoms with Crippen molar-refractivity contribution in [1.82, 2.24) is 66.2 Å². The monoisotopic (exact) mass is 1140 g/mol. The fourth-order valence-electron chi connectivity index (χ4n) is 9.64. The lowest BCUT2D eigenvalue weighted by Gasteiger charge is -2.36. The molecular weight excluding hydrogens is 1030 g/mol. The number of amides is 12. The zero-order chi connectivity index (χ0) is 61.9. The highest BCUT2D eigenvalue weighted by Crippen LogP contribution is 2.13. The summed E-state index contributed by atoms with van der Waals surface area (Å²) in [6, 6.07) is -7.62. The molecule has 0 heterocycles. The van der Waals surface area contributed by atoms with E-state index in [1.165, 1.54) is 0 Å². The second-order valence-corrected chi connectivity index (χ2v) is 24.2. The molecule has 16 unspecified atom stereocenters. The number of urea groups is 6. The first-order chi connectivity index (χ1) is 36.9. The molecule has 0 spiro atoms. The van der Waals surface area contributed by atoms with Gasteiger partial charge in [-0.2, -0.15) is 0 Å². The number of nitrogens with two attached hydrogens (primary N) is 8. The summed E-state index contributed by atoms with van der Waals surface area (Å²) < 4.78 is 0. The molecule has 0 fully saturated rings. The molecule has 27 nitrogen and oxygen atoms in total. The van der Waals surface area contributed by atoms with Crippen molar-refractivity contribution in [2.75, 3.05) is 85.6 Å². The first kappa shape index (κ1) is 75.3. The first-order valence-corrected chi connectivity index (χ1v) is 29.0. The van der Waals surface area contributed by atoms with Gasteiger partial charge in [-0.15, -0.1) is 0 Å². The van der Waals surface area contributed by atoms with E-state index in [9.17, 15) is 28.8 Å². The lowest BCUT2D eigenvalue weighted by atomic mass is 10.1. The molecule has 27 heteroatoms. The highest BCUT2D eigenvalue weighted by atomic mass is 16.2. The van der Waals surface area contributed by atoms with Gasteiger partial charge in [-0.05, 0) is 131 Å². The van der Waals surface area contributed by atoms with Crippen LogP contribution in [0, 0.1) is 0 Å². The molecule has 0 saturated heterocycles. The average Bonchev–Trinajstić information content (AvgIpc) is 3.27. The molecule has 0 saturated carbocycles. The lowest BCUT2D eigenvalue weighted by molar-refractivity contribution is 0.149. The lowest BCUT2D eigenvalue weighted by Crippen LogP contribution is -2.58. The van der Waals surface area contributed by atoms with E-state index in [1.807, 2.05) is 81.2 Å². The third kappa shape index (κ3) is 33.2. The van der Waals surface area contributed by atoms with E-state index in [1.54, 1.807) is 70.9 Å². The SMILES string of the molecule is CC(N)CC(C)N(CC(C)N)C(=O)NC(C)CC(C)N(CC(C)NC(=O)N(CC(C)N)CC(C)N)C(=O)NC(C)CN(C)CC(C)NC(=O)N(CC(C)NC(=O)N(CC(C)N)CC(C)N)CC(C)NC(=O)N(CC(C)N)CC(C)N. The Balaban J connectivity index is 6.49. The third-order valence-electron chi connectivity index (χ3n) is 12.5. The Kier molecular flexibility index (Phi) is 35.9. The van der Waals surface area contributed by atoms with Crippen LogP contribution in [0.1, 0.15) is 124 Å². The van der Waals surface area contributed by atoms with Gasteiger partial charge in [-0.25, -0.2) is 28.8 Å². The summed E-state index contributed by atoms with van der Waals surface area (Å²) in [6.07, 6.45) is 0.972. The van der Waals surface area contributed by atoms with Crippen LogP contribution in [0.15, 0.2) is 0 Å². The minimum absolute atomic E-state index is 0.0940. The maximum atomic E-state index is 14.4. The first-order valence-electron chi connectivity index (χ1n) is 29.0. The Labute approximate surface area is 481 Å². The number of hydrogen-bond donors (Lipinski definition) is 14. The second-order valence-electron chi connectivity index (χ2n) is 24.2. The number of rotatable bonds is 36. The van der Waals surface area contributed by atoms with E-state index in [0.717, 1.165) is 0 Å². The smallest absolute Gasteiger partial charge is 0.317 e. The van der Waals surface area contributed by atoms with Crippen molar-refractivity contribution in [2.24, 2.45) is 45.9 Å².